The summed E-state index contributed by atoms with van der Waals surface area (Å²) in [5.41, 5.74) is 1.72. The second-order valence-corrected chi connectivity index (χ2v) is 6.23. The number of aromatic nitrogens is 1. The first-order valence-corrected chi connectivity index (χ1v) is 8.50. The number of nitrogens with zero attached hydrogens (tertiary/aromatic N) is 1. The van der Waals surface area contributed by atoms with Crippen LogP contribution in [0, 0.1) is 5.82 Å². The molecule has 1 aliphatic carbocycles. The molecule has 1 amide bonds. The van der Waals surface area contributed by atoms with Gasteiger partial charge in [-0.2, -0.15) is 0 Å². The van der Waals surface area contributed by atoms with Crippen LogP contribution in [0.4, 0.5) is 15.8 Å². The number of anilines is 2. The van der Waals surface area contributed by atoms with E-state index in [1.54, 1.807) is 30.5 Å². The summed E-state index contributed by atoms with van der Waals surface area (Å²) in [6.45, 7) is 0. The number of carbonyl (C=O) groups excluding carboxylic acids is 1. The molecule has 1 heterocycles. The number of rotatable bonds is 4. The van der Waals surface area contributed by atoms with Gasteiger partial charge >= 0.3 is 0 Å². The first kappa shape index (κ1) is 16.4. The highest BCUT2D eigenvalue weighted by atomic mass is 19.1. The van der Waals surface area contributed by atoms with Gasteiger partial charge < -0.3 is 10.6 Å². The lowest BCUT2D eigenvalue weighted by Crippen LogP contribution is -2.34. The van der Waals surface area contributed by atoms with E-state index < -0.39 is 0 Å². The summed E-state index contributed by atoms with van der Waals surface area (Å²) >= 11 is 0. The Balaban J connectivity index is 1.66. The molecular weight excluding hydrogens is 305 g/mol. The third-order valence-corrected chi connectivity index (χ3v) is 4.30. The molecule has 5 heteroatoms. The van der Waals surface area contributed by atoms with E-state index in [-0.39, 0.29) is 17.8 Å². The third-order valence-electron chi connectivity index (χ3n) is 4.30. The highest BCUT2D eigenvalue weighted by molar-refractivity contribution is 5.93. The predicted molar refractivity (Wildman–Crippen MR) is 92.9 cm³/mol. The van der Waals surface area contributed by atoms with E-state index in [0.717, 1.165) is 12.8 Å². The van der Waals surface area contributed by atoms with Crippen molar-refractivity contribution < 1.29 is 9.18 Å². The monoisotopic (exact) mass is 327 g/mol. The highest BCUT2D eigenvalue weighted by Crippen LogP contribution is 2.19. The quantitative estimate of drug-likeness (QED) is 0.818. The van der Waals surface area contributed by atoms with Crippen molar-refractivity contribution in [2.75, 3.05) is 5.32 Å². The zero-order valence-corrected chi connectivity index (χ0v) is 13.6. The predicted octanol–water partition coefficient (Wildman–Crippen LogP) is 4.42. The second kappa shape index (κ2) is 7.90. The van der Waals surface area contributed by atoms with E-state index in [0.29, 0.717) is 17.1 Å². The number of hydrogen-bond acceptors (Lipinski definition) is 3. The Kier molecular flexibility index (Phi) is 5.41. The molecule has 1 saturated carbocycles. The molecule has 24 heavy (non-hydrogen) atoms. The molecule has 0 spiro atoms. The van der Waals surface area contributed by atoms with Gasteiger partial charge in [-0.05, 0) is 43.2 Å². The fraction of sp³-hybridized carbons (Fsp3) is 0.368. The van der Waals surface area contributed by atoms with Crippen LogP contribution in [0.15, 0.2) is 42.6 Å². The Bertz CT molecular complexity index is 697. The number of amides is 1. The molecule has 2 aromatic rings. The fourth-order valence-corrected chi connectivity index (χ4v) is 3.05. The Morgan fingerprint density at radius 1 is 1.04 bits per heavy atom. The van der Waals surface area contributed by atoms with E-state index in [1.165, 1.54) is 37.8 Å². The summed E-state index contributed by atoms with van der Waals surface area (Å²) < 4.78 is 13.3. The van der Waals surface area contributed by atoms with Gasteiger partial charge in [0.25, 0.3) is 5.91 Å². The van der Waals surface area contributed by atoms with Crippen molar-refractivity contribution in [1.29, 1.82) is 0 Å². The van der Waals surface area contributed by atoms with Crippen LogP contribution in [0.25, 0.3) is 0 Å². The molecule has 1 aromatic heterocycles. The van der Waals surface area contributed by atoms with Crippen LogP contribution in [-0.4, -0.2) is 16.9 Å². The SMILES string of the molecule is O=C(NC1CCCCCC1)c1cc(Nc2cccc(F)c2)ccn1. The number of benzene rings is 1. The topological polar surface area (TPSA) is 54.0 Å². The van der Waals surface area contributed by atoms with Crippen molar-refractivity contribution >= 4 is 17.3 Å². The summed E-state index contributed by atoms with van der Waals surface area (Å²) in [7, 11) is 0. The summed E-state index contributed by atoms with van der Waals surface area (Å²) in [5.74, 6) is -0.454. The van der Waals surface area contributed by atoms with Crippen molar-refractivity contribution in [3.63, 3.8) is 0 Å². The van der Waals surface area contributed by atoms with Gasteiger partial charge in [0.15, 0.2) is 0 Å². The lowest BCUT2D eigenvalue weighted by molar-refractivity contribution is 0.0928. The van der Waals surface area contributed by atoms with Crippen molar-refractivity contribution in [1.82, 2.24) is 10.3 Å². The normalized spacial score (nSPS) is 15.5. The van der Waals surface area contributed by atoms with E-state index >= 15 is 0 Å². The fourth-order valence-electron chi connectivity index (χ4n) is 3.05. The number of hydrogen-bond donors (Lipinski definition) is 2. The van der Waals surface area contributed by atoms with Crippen LogP contribution >= 0.6 is 0 Å². The van der Waals surface area contributed by atoms with Gasteiger partial charge in [0.2, 0.25) is 0 Å². The van der Waals surface area contributed by atoms with Crippen LogP contribution in [0.2, 0.25) is 0 Å². The van der Waals surface area contributed by atoms with E-state index in [2.05, 4.69) is 15.6 Å². The van der Waals surface area contributed by atoms with Crippen LogP contribution in [0.5, 0.6) is 0 Å². The molecule has 1 aromatic carbocycles. The van der Waals surface area contributed by atoms with Gasteiger partial charge in [0.1, 0.15) is 11.5 Å². The minimum atomic E-state index is -0.305. The molecule has 0 bridgehead atoms. The van der Waals surface area contributed by atoms with Crippen molar-refractivity contribution in [3.05, 3.63) is 54.1 Å². The van der Waals surface area contributed by atoms with Crippen LogP contribution in [0.1, 0.15) is 49.0 Å². The van der Waals surface area contributed by atoms with Crippen LogP contribution < -0.4 is 10.6 Å². The number of halogens is 1. The minimum Gasteiger partial charge on any atom is -0.355 e. The first-order chi connectivity index (χ1) is 11.7. The lowest BCUT2D eigenvalue weighted by Gasteiger charge is -2.16. The number of nitrogens with one attached hydrogen (secondary N) is 2. The molecule has 0 aliphatic heterocycles. The largest absolute Gasteiger partial charge is 0.355 e. The maximum atomic E-state index is 13.3. The maximum absolute atomic E-state index is 13.3. The van der Waals surface area contributed by atoms with Crippen molar-refractivity contribution in [3.8, 4) is 0 Å². The van der Waals surface area contributed by atoms with E-state index in [1.807, 2.05) is 0 Å². The molecule has 2 N–H and O–H groups in total. The number of pyridine rings is 1. The molecule has 0 radical (unpaired) electrons. The Hall–Kier alpha value is -2.43. The van der Waals surface area contributed by atoms with Gasteiger partial charge in [-0.3, -0.25) is 9.78 Å². The molecule has 0 unspecified atom stereocenters. The van der Waals surface area contributed by atoms with Gasteiger partial charge in [0.05, 0.1) is 0 Å². The zero-order chi connectivity index (χ0) is 16.8. The first-order valence-electron chi connectivity index (χ1n) is 8.50. The molecular formula is C19H22FN3O. The molecule has 126 valence electrons. The lowest BCUT2D eigenvalue weighted by atomic mass is 10.1. The van der Waals surface area contributed by atoms with Gasteiger partial charge in [-0.25, -0.2) is 4.39 Å². The molecule has 0 atom stereocenters. The van der Waals surface area contributed by atoms with Crippen LogP contribution in [-0.2, 0) is 0 Å². The zero-order valence-electron chi connectivity index (χ0n) is 13.6. The average molecular weight is 327 g/mol. The standard InChI is InChI=1S/C19H22FN3O/c20-14-6-5-9-16(12-14)22-17-10-11-21-18(13-17)19(24)23-15-7-3-1-2-4-8-15/h5-6,9-13,15H,1-4,7-8H2,(H,21,22)(H,23,24). The third kappa shape index (κ3) is 4.54. The van der Waals surface area contributed by atoms with Gasteiger partial charge in [-0.15, -0.1) is 0 Å². The molecule has 0 saturated heterocycles. The summed E-state index contributed by atoms with van der Waals surface area (Å²) in [5, 5.41) is 6.18. The minimum absolute atomic E-state index is 0.148. The Morgan fingerprint density at radius 2 is 1.79 bits per heavy atom. The summed E-state index contributed by atoms with van der Waals surface area (Å²) in [6, 6.07) is 9.90. The van der Waals surface area contributed by atoms with Crippen molar-refractivity contribution in [2.24, 2.45) is 0 Å². The highest BCUT2D eigenvalue weighted by Gasteiger charge is 2.16. The molecule has 1 aliphatic rings. The second-order valence-electron chi connectivity index (χ2n) is 6.23. The van der Waals surface area contributed by atoms with E-state index in [4.69, 9.17) is 0 Å². The molecule has 3 rings (SSSR count). The summed E-state index contributed by atoms with van der Waals surface area (Å²) in [6.07, 6.45) is 8.48. The smallest absolute Gasteiger partial charge is 0.270 e. The molecule has 1 fully saturated rings. The molecule has 4 nitrogen and oxygen atoms in total. The van der Waals surface area contributed by atoms with Crippen LogP contribution in [0.3, 0.4) is 0 Å². The maximum Gasteiger partial charge on any atom is 0.270 e. The summed E-state index contributed by atoms with van der Waals surface area (Å²) in [4.78, 5) is 16.6. The van der Waals surface area contributed by atoms with E-state index in [9.17, 15) is 9.18 Å². The average Bonchev–Trinajstić information content (AvgIpc) is 2.84. The van der Waals surface area contributed by atoms with Crippen molar-refractivity contribution in [2.45, 2.75) is 44.6 Å². The van der Waals surface area contributed by atoms with Gasteiger partial charge in [0, 0.05) is 23.6 Å². The van der Waals surface area contributed by atoms with Gasteiger partial charge in [-0.1, -0.05) is 31.7 Å². The Morgan fingerprint density at radius 3 is 2.54 bits per heavy atom. The number of carbonyl (C=O) groups is 1. The Labute approximate surface area is 141 Å².